The molecule has 0 atom stereocenters. The van der Waals surface area contributed by atoms with Crippen molar-refractivity contribution < 1.29 is 26.7 Å². The highest BCUT2D eigenvalue weighted by Crippen LogP contribution is 2.37. The molecule has 9 heteroatoms. The van der Waals surface area contributed by atoms with E-state index in [1.807, 2.05) is 0 Å². The van der Waals surface area contributed by atoms with E-state index in [1.54, 1.807) is 6.92 Å². The van der Waals surface area contributed by atoms with Crippen LogP contribution in [0.2, 0.25) is 5.02 Å². The number of nitrogens with one attached hydrogen (secondary N) is 1. The Balaban J connectivity index is 2.36. The van der Waals surface area contributed by atoms with Gasteiger partial charge in [0.25, 0.3) is 10.0 Å². The number of alkyl halides is 3. The summed E-state index contributed by atoms with van der Waals surface area (Å²) in [5, 5.41) is 9.38. The van der Waals surface area contributed by atoms with Crippen LogP contribution in [0, 0.1) is 6.92 Å². The summed E-state index contributed by atoms with van der Waals surface area (Å²) in [5.41, 5.74) is -0.720. The average Bonchev–Trinajstić information content (AvgIpc) is 2.35. The van der Waals surface area contributed by atoms with Gasteiger partial charge in [-0.2, -0.15) is 13.2 Å². The van der Waals surface area contributed by atoms with Gasteiger partial charge in [0, 0.05) is 6.07 Å². The Morgan fingerprint density at radius 1 is 1.13 bits per heavy atom. The number of hydrogen-bond donors (Lipinski definition) is 2. The first-order valence-electron chi connectivity index (χ1n) is 6.20. The van der Waals surface area contributed by atoms with Crippen molar-refractivity contribution in [2.45, 2.75) is 18.0 Å². The second-order valence-corrected chi connectivity index (χ2v) is 6.83. The minimum absolute atomic E-state index is 0.0198. The first kappa shape index (κ1) is 17.4. The molecule has 0 radical (unpaired) electrons. The lowest BCUT2D eigenvalue weighted by Crippen LogP contribution is -2.14. The summed E-state index contributed by atoms with van der Waals surface area (Å²) < 4.78 is 64.2. The van der Waals surface area contributed by atoms with Gasteiger partial charge in [-0.25, -0.2) is 8.42 Å². The first-order valence-corrected chi connectivity index (χ1v) is 8.06. The normalized spacial score (nSPS) is 12.2. The quantitative estimate of drug-likeness (QED) is 0.857. The third kappa shape index (κ3) is 3.89. The maximum absolute atomic E-state index is 12.6. The zero-order chi connectivity index (χ0) is 17.4. The maximum atomic E-state index is 12.6. The van der Waals surface area contributed by atoms with Crippen LogP contribution in [0.25, 0.3) is 0 Å². The van der Waals surface area contributed by atoms with Gasteiger partial charge >= 0.3 is 6.18 Å². The van der Waals surface area contributed by atoms with Crippen LogP contribution in [-0.4, -0.2) is 13.5 Å². The molecule has 0 aromatic heterocycles. The second-order valence-electron chi connectivity index (χ2n) is 4.77. The van der Waals surface area contributed by atoms with Crippen LogP contribution >= 0.6 is 11.6 Å². The lowest BCUT2D eigenvalue weighted by atomic mass is 10.2. The van der Waals surface area contributed by atoms with E-state index in [9.17, 15) is 26.7 Å². The van der Waals surface area contributed by atoms with Gasteiger partial charge in [-0.1, -0.05) is 17.7 Å². The van der Waals surface area contributed by atoms with E-state index in [0.29, 0.717) is 12.1 Å². The van der Waals surface area contributed by atoms with E-state index in [1.165, 1.54) is 18.2 Å². The molecule has 0 fully saturated rings. The monoisotopic (exact) mass is 365 g/mol. The number of sulfonamides is 1. The molecule has 4 nitrogen and oxygen atoms in total. The van der Waals surface area contributed by atoms with Gasteiger partial charge in [0.1, 0.15) is 10.6 Å². The first-order chi connectivity index (χ1) is 10.5. The van der Waals surface area contributed by atoms with Crippen molar-refractivity contribution in [3.63, 3.8) is 0 Å². The lowest BCUT2D eigenvalue weighted by Gasteiger charge is -2.13. The number of rotatable bonds is 3. The highest BCUT2D eigenvalue weighted by Gasteiger charge is 2.34. The van der Waals surface area contributed by atoms with Crippen molar-refractivity contribution in [3.8, 4) is 5.75 Å². The van der Waals surface area contributed by atoms with Gasteiger partial charge < -0.3 is 5.11 Å². The lowest BCUT2D eigenvalue weighted by molar-refractivity contribution is -0.138. The molecule has 2 N–H and O–H groups in total. The summed E-state index contributed by atoms with van der Waals surface area (Å²) in [7, 11) is -4.10. The highest BCUT2D eigenvalue weighted by atomic mass is 35.5. The Labute approximate surface area is 135 Å². The zero-order valence-corrected chi connectivity index (χ0v) is 13.2. The van der Waals surface area contributed by atoms with E-state index >= 15 is 0 Å². The largest absolute Gasteiger partial charge is 0.507 e. The Hall–Kier alpha value is -1.93. The van der Waals surface area contributed by atoms with Gasteiger partial charge in [-0.15, -0.1) is 0 Å². The smallest absolute Gasteiger partial charge is 0.419 e. The highest BCUT2D eigenvalue weighted by molar-refractivity contribution is 7.92. The number of hydrogen-bond acceptors (Lipinski definition) is 3. The fraction of sp³-hybridized carbons (Fsp3) is 0.143. The minimum Gasteiger partial charge on any atom is -0.507 e. The summed E-state index contributed by atoms with van der Waals surface area (Å²) in [4.78, 5) is -0.218. The van der Waals surface area contributed by atoms with E-state index in [-0.39, 0.29) is 15.6 Å². The summed E-state index contributed by atoms with van der Waals surface area (Å²) in [6, 6.07) is 6.43. The summed E-state index contributed by atoms with van der Waals surface area (Å²) in [5.74, 6) is -1.08. The fourth-order valence-corrected chi connectivity index (χ4v) is 3.52. The van der Waals surface area contributed by atoms with Crippen LogP contribution in [0.5, 0.6) is 5.75 Å². The predicted octanol–water partition coefficient (Wildman–Crippen LogP) is 4.17. The molecule has 23 heavy (non-hydrogen) atoms. The SMILES string of the molecule is Cc1ccc(S(=O)(=O)Nc2ccc(C(F)(F)F)c(O)c2)c(Cl)c1. The van der Waals surface area contributed by atoms with Crippen molar-refractivity contribution >= 4 is 27.3 Å². The standard InChI is InChI=1S/C14H11ClF3NO3S/c1-8-2-5-13(11(15)6-8)23(21,22)19-9-3-4-10(12(20)7-9)14(16,17)18/h2-7,19-20H,1H3. The molecule has 0 saturated carbocycles. The van der Waals surface area contributed by atoms with Crippen LogP contribution in [0.3, 0.4) is 0 Å². The summed E-state index contributed by atoms with van der Waals surface area (Å²) in [6.07, 6.45) is -4.73. The van der Waals surface area contributed by atoms with Gasteiger partial charge in [-0.3, -0.25) is 4.72 Å². The molecule has 0 heterocycles. The van der Waals surface area contributed by atoms with Crippen molar-refractivity contribution in [1.82, 2.24) is 0 Å². The Morgan fingerprint density at radius 3 is 2.30 bits per heavy atom. The van der Waals surface area contributed by atoms with Crippen LogP contribution in [-0.2, 0) is 16.2 Å². The number of phenols is 1. The number of anilines is 1. The molecule has 0 spiro atoms. The van der Waals surface area contributed by atoms with Gasteiger partial charge in [-0.05, 0) is 36.8 Å². The van der Waals surface area contributed by atoms with E-state index in [2.05, 4.69) is 4.72 Å². The number of aryl methyl sites for hydroxylation is 1. The van der Waals surface area contributed by atoms with Crippen LogP contribution in [0.15, 0.2) is 41.3 Å². The van der Waals surface area contributed by atoms with Crippen molar-refractivity contribution in [1.29, 1.82) is 0 Å². The maximum Gasteiger partial charge on any atom is 0.419 e. The third-order valence-corrected chi connectivity index (χ3v) is 4.80. The van der Waals surface area contributed by atoms with E-state index in [0.717, 1.165) is 11.6 Å². The molecule has 0 saturated heterocycles. The van der Waals surface area contributed by atoms with Crippen molar-refractivity contribution in [2.75, 3.05) is 4.72 Å². The van der Waals surface area contributed by atoms with Crippen LogP contribution in [0.4, 0.5) is 18.9 Å². The second kappa shape index (κ2) is 5.93. The molecule has 0 aliphatic rings. The summed E-state index contributed by atoms with van der Waals surface area (Å²) >= 11 is 5.88. The number of benzene rings is 2. The fourth-order valence-electron chi connectivity index (χ4n) is 1.87. The average molecular weight is 366 g/mol. The molecule has 2 aromatic rings. The molecular weight excluding hydrogens is 355 g/mol. The molecule has 124 valence electrons. The van der Waals surface area contributed by atoms with E-state index in [4.69, 9.17) is 11.6 Å². The van der Waals surface area contributed by atoms with Gasteiger partial charge in [0.05, 0.1) is 16.3 Å². The Bertz CT molecular complexity index is 851. The van der Waals surface area contributed by atoms with Crippen molar-refractivity contribution in [3.05, 3.63) is 52.5 Å². The zero-order valence-electron chi connectivity index (χ0n) is 11.6. The van der Waals surface area contributed by atoms with Crippen LogP contribution < -0.4 is 4.72 Å². The van der Waals surface area contributed by atoms with E-state index < -0.39 is 27.5 Å². The van der Waals surface area contributed by atoms with Crippen molar-refractivity contribution in [2.24, 2.45) is 0 Å². The number of phenolic OH excluding ortho intramolecular Hbond substituents is 1. The number of halogens is 4. The molecule has 2 aromatic carbocycles. The topological polar surface area (TPSA) is 66.4 Å². The van der Waals surface area contributed by atoms with Crippen LogP contribution in [0.1, 0.15) is 11.1 Å². The Kier molecular flexibility index (Phi) is 4.50. The Morgan fingerprint density at radius 2 is 1.78 bits per heavy atom. The molecular formula is C14H11ClF3NO3S. The van der Waals surface area contributed by atoms with Gasteiger partial charge in [0.15, 0.2) is 0 Å². The molecule has 0 aliphatic carbocycles. The summed E-state index contributed by atoms with van der Waals surface area (Å²) in [6.45, 7) is 1.73. The molecule has 0 aliphatic heterocycles. The molecule has 0 bridgehead atoms. The predicted molar refractivity (Wildman–Crippen MR) is 80.1 cm³/mol. The minimum atomic E-state index is -4.73. The number of aromatic hydroxyl groups is 1. The molecule has 0 amide bonds. The third-order valence-electron chi connectivity index (χ3n) is 2.93. The molecule has 2 rings (SSSR count). The van der Waals surface area contributed by atoms with Gasteiger partial charge in [0.2, 0.25) is 0 Å². The molecule has 0 unspecified atom stereocenters.